The van der Waals surface area contributed by atoms with E-state index in [9.17, 15) is 4.79 Å². The molecule has 0 heterocycles. The van der Waals surface area contributed by atoms with Gasteiger partial charge in [0.25, 0.3) is 0 Å². The molecule has 2 heteroatoms. The second-order valence-corrected chi connectivity index (χ2v) is 6.45. The van der Waals surface area contributed by atoms with E-state index in [4.69, 9.17) is 0 Å². The van der Waals surface area contributed by atoms with Crippen molar-refractivity contribution in [2.24, 2.45) is 4.99 Å². The molecule has 0 aliphatic rings. The van der Waals surface area contributed by atoms with Crippen LogP contribution in [-0.2, 0) is 4.79 Å². The maximum atomic E-state index is 11.3. The number of allylic oxidation sites excluding steroid dienone is 2. The molecule has 0 aromatic heterocycles. The van der Waals surface area contributed by atoms with Crippen molar-refractivity contribution in [3.8, 4) is 0 Å². The van der Waals surface area contributed by atoms with E-state index < -0.39 is 0 Å². The first kappa shape index (κ1) is 22.1. The van der Waals surface area contributed by atoms with Crippen molar-refractivity contribution in [1.29, 1.82) is 0 Å². The van der Waals surface area contributed by atoms with Crippen molar-refractivity contribution < 1.29 is 4.79 Å². The number of aliphatic imine (C=N–C) groups is 1. The molecule has 0 rings (SSSR count). The van der Waals surface area contributed by atoms with Crippen molar-refractivity contribution in [1.82, 2.24) is 0 Å². The zero-order valence-corrected chi connectivity index (χ0v) is 15.7. The molecule has 0 radical (unpaired) electrons. The highest BCUT2D eigenvalue weighted by atomic mass is 16.1. The minimum atomic E-state index is 0.0458. The van der Waals surface area contributed by atoms with E-state index in [2.05, 4.69) is 24.1 Å². The second kappa shape index (κ2) is 19.1. The van der Waals surface area contributed by atoms with Crippen LogP contribution < -0.4 is 0 Å². The molecule has 0 aliphatic carbocycles. The minimum absolute atomic E-state index is 0.0458. The summed E-state index contributed by atoms with van der Waals surface area (Å²) in [7, 11) is 0. The summed E-state index contributed by atoms with van der Waals surface area (Å²) in [4.78, 5) is 15.2. The summed E-state index contributed by atoms with van der Waals surface area (Å²) < 4.78 is 0. The van der Waals surface area contributed by atoms with Crippen LogP contribution in [0.1, 0.15) is 110 Å². The van der Waals surface area contributed by atoms with E-state index in [0.717, 1.165) is 19.3 Å². The fourth-order valence-corrected chi connectivity index (χ4v) is 2.60. The largest absolute Gasteiger partial charge is 0.273 e. The third-order valence-electron chi connectivity index (χ3n) is 4.07. The first-order valence-corrected chi connectivity index (χ1v) is 10.0. The lowest BCUT2D eigenvalue weighted by Gasteiger charge is -1.99. The maximum Gasteiger partial charge on any atom is 0.245 e. The molecule has 0 aliphatic heterocycles. The molecule has 0 aromatic rings. The van der Waals surface area contributed by atoms with Gasteiger partial charge in [0.1, 0.15) is 0 Å². The fraction of sp³-hybridized carbons (Fsp3) is 0.810. The van der Waals surface area contributed by atoms with Gasteiger partial charge in [0.05, 0.1) is 0 Å². The van der Waals surface area contributed by atoms with Crippen molar-refractivity contribution >= 4 is 12.1 Å². The molecular weight excluding hydrogens is 282 g/mol. The molecule has 0 saturated heterocycles. The van der Waals surface area contributed by atoms with Crippen molar-refractivity contribution in [3.05, 3.63) is 12.2 Å². The fourth-order valence-electron chi connectivity index (χ4n) is 2.60. The van der Waals surface area contributed by atoms with Crippen LogP contribution in [0.25, 0.3) is 0 Å². The Balaban J connectivity index is 3.19. The Kier molecular flexibility index (Phi) is 18.4. The topological polar surface area (TPSA) is 29.4 Å². The second-order valence-electron chi connectivity index (χ2n) is 6.45. The highest BCUT2D eigenvalue weighted by molar-refractivity contribution is 5.84. The molecule has 0 atom stereocenters. The van der Waals surface area contributed by atoms with Crippen LogP contribution in [0.15, 0.2) is 17.1 Å². The Morgan fingerprint density at radius 3 is 1.83 bits per heavy atom. The summed E-state index contributed by atoms with van der Waals surface area (Å²) in [5, 5.41) is 0. The average molecular weight is 322 g/mol. The van der Waals surface area contributed by atoms with Crippen LogP contribution in [-0.4, -0.2) is 12.1 Å². The molecule has 0 aromatic carbocycles. The molecule has 0 bridgehead atoms. The van der Waals surface area contributed by atoms with E-state index >= 15 is 0 Å². The maximum absolute atomic E-state index is 11.3. The van der Waals surface area contributed by atoms with Crippen molar-refractivity contribution in [2.45, 2.75) is 110 Å². The average Bonchev–Trinajstić information content (AvgIpc) is 2.56. The lowest BCUT2D eigenvalue weighted by Crippen LogP contribution is -1.93. The third-order valence-corrected chi connectivity index (χ3v) is 4.07. The van der Waals surface area contributed by atoms with Gasteiger partial charge >= 0.3 is 0 Å². The molecule has 23 heavy (non-hydrogen) atoms. The number of carbonyl (C=O) groups is 1. The molecule has 0 unspecified atom stereocenters. The van der Waals surface area contributed by atoms with E-state index in [1.165, 1.54) is 70.6 Å². The monoisotopic (exact) mass is 321 g/mol. The summed E-state index contributed by atoms with van der Waals surface area (Å²) in [5.74, 6) is 0.0458. The van der Waals surface area contributed by atoms with Gasteiger partial charge in [0.15, 0.2) is 0 Å². The normalized spacial score (nSPS) is 11.7. The molecule has 0 fully saturated rings. The van der Waals surface area contributed by atoms with Gasteiger partial charge in [-0.2, -0.15) is 0 Å². The van der Waals surface area contributed by atoms with Crippen LogP contribution in [0, 0.1) is 0 Å². The van der Waals surface area contributed by atoms with Gasteiger partial charge in [-0.25, -0.2) is 4.99 Å². The predicted molar refractivity (Wildman–Crippen MR) is 103 cm³/mol. The predicted octanol–water partition coefficient (Wildman–Crippen LogP) is 7.03. The molecule has 0 spiro atoms. The smallest absolute Gasteiger partial charge is 0.245 e. The van der Waals surface area contributed by atoms with Gasteiger partial charge in [-0.05, 0) is 38.5 Å². The molecule has 2 nitrogen and oxygen atoms in total. The summed E-state index contributed by atoms with van der Waals surface area (Å²) in [5.41, 5.74) is 0. The Labute approximate surface area is 144 Å². The first-order chi connectivity index (χ1) is 11.3. The minimum Gasteiger partial charge on any atom is -0.273 e. The standard InChI is InChI=1S/C21H39NO/c1-3-5-6-7-8-9-10-11-12-13-14-15-16-17-18-19-21(23)22-20-4-2/h11-12,20H,3-10,13-19H2,1-2H3/b12-11-,22-20?. The number of unbranched alkanes of at least 4 members (excludes halogenated alkanes) is 11. The van der Waals surface area contributed by atoms with E-state index in [1.807, 2.05) is 6.92 Å². The number of hydrogen-bond donors (Lipinski definition) is 0. The van der Waals surface area contributed by atoms with Gasteiger partial charge in [0, 0.05) is 12.6 Å². The highest BCUT2D eigenvalue weighted by Gasteiger charge is 1.97. The molecular formula is C21H39NO. The Morgan fingerprint density at radius 1 is 0.739 bits per heavy atom. The van der Waals surface area contributed by atoms with E-state index in [-0.39, 0.29) is 5.91 Å². The van der Waals surface area contributed by atoms with Gasteiger partial charge in [-0.1, -0.05) is 77.4 Å². The van der Waals surface area contributed by atoms with Gasteiger partial charge in [-0.3, -0.25) is 4.79 Å². The van der Waals surface area contributed by atoms with Crippen LogP contribution in [0.3, 0.4) is 0 Å². The Morgan fingerprint density at radius 2 is 1.26 bits per heavy atom. The Hall–Kier alpha value is -0.920. The number of hydrogen-bond acceptors (Lipinski definition) is 1. The van der Waals surface area contributed by atoms with Crippen LogP contribution >= 0.6 is 0 Å². The van der Waals surface area contributed by atoms with E-state index in [1.54, 1.807) is 6.21 Å². The number of nitrogens with zero attached hydrogens (tertiary/aromatic N) is 1. The lowest BCUT2D eigenvalue weighted by molar-refractivity contribution is -0.117. The summed E-state index contributed by atoms with van der Waals surface area (Å²) in [6, 6.07) is 0. The number of rotatable bonds is 16. The van der Waals surface area contributed by atoms with E-state index in [0.29, 0.717) is 6.42 Å². The number of amides is 1. The third kappa shape index (κ3) is 19.0. The Bertz CT molecular complexity index is 307. The summed E-state index contributed by atoms with van der Waals surface area (Å²) in [6.07, 6.45) is 24.7. The highest BCUT2D eigenvalue weighted by Crippen LogP contribution is 2.10. The zero-order valence-electron chi connectivity index (χ0n) is 15.7. The van der Waals surface area contributed by atoms with Crippen LogP contribution in [0.2, 0.25) is 0 Å². The molecule has 134 valence electrons. The van der Waals surface area contributed by atoms with Gasteiger partial charge in [-0.15, -0.1) is 0 Å². The van der Waals surface area contributed by atoms with Gasteiger partial charge < -0.3 is 0 Å². The zero-order chi connectivity index (χ0) is 17.0. The SMILES string of the molecule is CCC=NC(=O)CCCCCCC/C=C\CCCCCCCC. The summed E-state index contributed by atoms with van der Waals surface area (Å²) in [6.45, 7) is 4.27. The molecule has 0 saturated carbocycles. The molecule has 1 amide bonds. The summed E-state index contributed by atoms with van der Waals surface area (Å²) >= 11 is 0. The van der Waals surface area contributed by atoms with Crippen LogP contribution in [0.4, 0.5) is 0 Å². The molecule has 0 N–H and O–H groups in total. The number of carbonyl (C=O) groups excluding carboxylic acids is 1. The van der Waals surface area contributed by atoms with Gasteiger partial charge in [0.2, 0.25) is 5.91 Å². The van der Waals surface area contributed by atoms with Crippen LogP contribution in [0.5, 0.6) is 0 Å². The lowest BCUT2D eigenvalue weighted by atomic mass is 10.1. The van der Waals surface area contributed by atoms with Crippen molar-refractivity contribution in [3.63, 3.8) is 0 Å². The quantitative estimate of drug-likeness (QED) is 0.170. The first-order valence-electron chi connectivity index (χ1n) is 10.0. The van der Waals surface area contributed by atoms with Crippen molar-refractivity contribution in [2.75, 3.05) is 0 Å².